The average Bonchev–Trinajstić information content (AvgIpc) is 2.50. The summed E-state index contributed by atoms with van der Waals surface area (Å²) in [6.07, 6.45) is 5.37. The van der Waals surface area contributed by atoms with Gasteiger partial charge < -0.3 is 4.90 Å². The Morgan fingerprint density at radius 3 is 2.59 bits per heavy atom. The molecule has 7 heteroatoms. The predicted octanol–water partition coefficient (Wildman–Crippen LogP) is 1.86. The molecule has 1 amide bonds. The van der Waals surface area contributed by atoms with E-state index >= 15 is 0 Å². The summed E-state index contributed by atoms with van der Waals surface area (Å²) in [7, 11) is 1.75. The summed E-state index contributed by atoms with van der Waals surface area (Å²) in [6, 6.07) is 2.88. The lowest BCUT2D eigenvalue weighted by Crippen LogP contribution is -2.42. The molecule has 1 fully saturated rings. The van der Waals surface area contributed by atoms with Crippen molar-refractivity contribution in [3.05, 3.63) is 38.3 Å². The Kier molecular flexibility index (Phi) is 4.95. The van der Waals surface area contributed by atoms with Crippen LogP contribution in [0.1, 0.15) is 37.8 Å². The first-order valence-electron chi connectivity index (χ1n) is 7.52. The normalized spacial score (nSPS) is 15.5. The van der Waals surface area contributed by atoms with Crippen molar-refractivity contribution in [3.8, 4) is 0 Å². The second-order valence-corrected chi connectivity index (χ2v) is 5.80. The number of carbonyl (C=O) groups excluding carboxylic acids is 1. The van der Waals surface area contributed by atoms with Gasteiger partial charge in [0, 0.05) is 24.8 Å². The van der Waals surface area contributed by atoms with Gasteiger partial charge in [0.05, 0.1) is 4.92 Å². The lowest BCUT2D eigenvalue weighted by atomic mass is 9.94. The Morgan fingerprint density at radius 2 is 2.00 bits per heavy atom. The molecule has 0 unspecified atom stereocenters. The topological polar surface area (TPSA) is 85.5 Å². The van der Waals surface area contributed by atoms with Crippen molar-refractivity contribution in [1.29, 1.82) is 0 Å². The van der Waals surface area contributed by atoms with Crippen LogP contribution in [0.5, 0.6) is 0 Å². The number of nitro groups is 1. The summed E-state index contributed by atoms with van der Waals surface area (Å²) in [5, 5.41) is 10.8. The smallest absolute Gasteiger partial charge is 0.334 e. The molecule has 1 aromatic rings. The molecule has 0 aliphatic heterocycles. The fourth-order valence-electron chi connectivity index (χ4n) is 2.91. The van der Waals surface area contributed by atoms with Gasteiger partial charge in [0.2, 0.25) is 5.91 Å². The maximum Gasteiger partial charge on any atom is 0.334 e. The molecule has 0 N–H and O–H groups in total. The minimum atomic E-state index is -0.726. The van der Waals surface area contributed by atoms with Crippen LogP contribution in [0.3, 0.4) is 0 Å². The third-order valence-electron chi connectivity index (χ3n) is 4.38. The van der Waals surface area contributed by atoms with Crippen molar-refractivity contribution in [3.63, 3.8) is 0 Å². The first-order valence-corrected chi connectivity index (χ1v) is 7.52. The monoisotopic (exact) mass is 307 g/mol. The number of aryl methyl sites for hydroxylation is 1. The standard InChI is InChI=1S/C15H21N3O4/c1-11-8-9-13(18(21)22)15(20)17(11)10-14(19)16(2)12-6-4-3-5-7-12/h8-9,12H,3-7,10H2,1-2H3. The molecular formula is C15H21N3O4. The van der Waals surface area contributed by atoms with E-state index in [2.05, 4.69) is 0 Å². The highest BCUT2D eigenvalue weighted by Gasteiger charge is 2.24. The number of likely N-dealkylation sites (N-methyl/N-ethyl adjacent to an activating group) is 1. The Bertz CT molecular complexity index is 632. The fourth-order valence-corrected chi connectivity index (χ4v) is 2.91. The molecule has 0 bridgehead atoms. The maximum atomic E-state index is 12.4. The second-order valence-electron chi connectivity index (χ2n) is 5.80. The summed E-state index contributed by atoms with van der Waals surface area (Å²) < 4.78 is 1.18. The lowest BCUT2D eigenvalue weighted by Gasteiger charge is -2.31. The van der Waals surface area contributed by atoms with Gasteiger partial charge in [0.15, 0.2) is 0 Å². The first kappa shape index (κ1) is 16.2. The Morgan fingerprint density at radius 1 is 1.36 bits per heavy atom. The SMILES string of the molecule is Cc1ccc([N+](=O)[O-])c(=O)n1CC(=O)N(C)C1CCCCC1. The minimum absolute atomic E-state index is 0.153. The first-order chi connectivity index (χ1) is 10.4. The van der Waals surface area contributed by atoms with E-state index in [-0.39, 0.29) is 18.5 Å². The summed E-state index contributed by atoms with van der Waals surface area (Å²) in [6.45, 7) is 1.51. The van der Waals surface area contributed by atoms with Crippen LogP contribution >= 0.6 is 0 Å². The molecule has 0 aromatic carbocycles. The number of hydrogen-bond donors (Lipinski definition) is 0. The van der Waals surface area contributed by atoms with Gasteiger partial charge in [-0.3, -0.25) is 24.3 Å². The summed E-state index contributed by atoms with van der Waals surface area (Å²) in [5.74, 6) is -0.183. The zero-order valence-corrected chi connectivity index (χ0v) is 12.9. The Balaban J connectivity index is 2.19. The quantitative estimate of drug-likeness (QED) is 0.627. The van der Waals surface area contributed by atoms with Crippen molar-refractivity contribution in [1.82, 2.24) is 9.47 Å². The molecule has 0 saturated heterocycles. The molecule has 1 aliphatic carbocycles. The summed E-state index contributed by atoms with van der Waals surface area (Å²) >= 11 is 0. The zero-order valence-electron chi connectivity index (χ0n) is 12.9. The van der Waals surface area contributed by atoms with Gasteiger partial charge in [-0.05, 0) is 25.8 Å². The van der Waals surface area contributed by atoms with Crippen LogP contribution in [-0.2, 0) is 11.3 Å². The number of carbonyl (C=O) groups is 1. The number of amides is 1. The lowest BCUT2D eigenvalue weighted by molar-refractivity contribution is -0.386. The minimum Gasteiger partial charge on any atom is -0.341 e. The van der Waals surface area contributed by atoms with Crippen molar-refractivity contribution in [2.24, 2.45) is 0 Å². The molecule has 22 heavy (non-hydrogen) atoms. The molecule has 0 radical (unpaired) electrons. The van der Waals surface area contributed by atoms with Crippen molar-refractivity contribution in [2.45, 2.75) is 51.6 Å². The van der Waals surface area contributed by atoms with Crippen LogP contribution in [-0.4, -0.2) is 33.4 Å². The Hall–Kier alpha value is -2.18. The van der Waals surface area contributed by atoms with E-state index in [4.69, 9.17) is 0 Å². The van der Waals surface area contributed by atoms with Gasteiger partial charge in [0.1, 0.15) is 6.54 Å². The maximum absolute atomic E-state index is 12.4. The van der Waals surface area contributed by atoms with Crippen molar-refractivity contribution >= 4 is 11.6 Å². The number of aromatic nitrogens is 1. The molecule has 2 rings (SSSR count). The van der Waals surface area contributed by atoms with E-state index in [1.807, 2.05) is 0 Å². The average molecular weight is 307 g/mol. The third-order valence-corrected chi connectivity index (χ3v) is 4.38. The molecule has 1 heterocycles. The highest BCUT2D eigenvalue weighted by molar-refractivity contribution is 5.76. The highest BCUT2D eigenvalue weighted by Crippen LogP contribution is 2.21. The van der Waals surface area contributed by atoms with E-state index in [1.54, 1.807) is 18.9 Å². The van der Waals surface area contributed by atoms with E-state index in [0.717, 1.165) is 25.7 Å². The van der Waals surface area contributed by atoms with Crippen molar-refractivity contribution < 1.29 is 9.72 Å². The zero-order chi connectivity index (χ0) is 16.3. The molecule has 1 aliphatic rings. The number of pyridine rings is 1. The molecule has 1 saturated carbocycles. The molecule has 7 nitrogen and oxygen atoms in total. The predicted molar refractivity (Wildman–Crippen MR) is 81.7 cm³/mol. The second kappa shape index (κ2) is 6.72. The highest BCUT2D eigenvalue weighted by atomic mass is 16.6. The van der Waals surface area contributed by atoms with Gasteiger partial charge in [-0.25, -0.2) is 0 Å². The molecule has 1 aromatic heterocycles. The summed E-state index contributed by atoms with van der Waals surface area (Å²) in [5.41, 5.74) is -0.685. The van der Waals surface area contributed by atoms with Crippen LogP contribution in [0.15, 0.2) is 16.9 Å². The third kappa shape index (κ3) is 3.35. The van der Waals surface area contributed by atoms with Crippen LogP contribution in [0.25, 0.3) is 0 Å². The molecular weight excluding hydrogens is 286 g/mol. The molecule has 0 spiro atoms. The van der Waals surface area contributed by atoms with Gasteiger partial charge >= 0.3 is 11.2 Å². The van der Waals surface area contributed by atoms with Crippen molar-refractivity contribution in [2.75, 3.05) is 7.05 Å². The van der Waals surface area contributed by atoms with Crippen LogP contribution in [0, 0.1) is 17.0 Å². The van der Waals surface area contributed by atoms with Crippen LogP contribution < -0.4 is 5.56 Å². The van der Waals surface area contributed by atoms with E-state index in [1.165, 1.54) is 23.1 Å². The van der Waals surface area contributed by atoms with Gasteiger partial charge in [-0.1, -0.05) is 19.3 Å². The van der Waals surface area contributed by atoms with Crippen LogP contribution in [0.4, 0.5) is 5.69 Å². The van der Waals surface area contributed by atoms with Gasteiger partial charge in [-0.2, -0.15) is 0 Å². The van der Waals surface area contributed by atoms with E-state index in [0.29, 0.717) is 5.69 Å². The van der Waals surface area contributed by atoms with Gasteiger partial charge in [0.25, 0.3) is 0 Å². The largest absolute Gasteiger partial charge is 0.341 e. The van der Waals surface area contributed by atoms with E-state index < -0.39 is 16.2 Å². The molecule has 120 valence electrons. The fraction of sp³-hybridized carbons (Fsp3) is 0.600. The Labute approximate surface area is 128 Å². The van der Waals surface area contributed by atoms with Gasteiger partial charge in [-0.15, -0.1) is 0 Å². The number of hydrogen-bond acceptors (Lipinski definition) is 4. The summed E-state index contributed by atoms with van der Waals surface area (Å²) in [4.78, 5) is 36.3. The van der Waals surface area contributed by atoms with E-state index in [9.17, 15) is 19.7 Å². The molecule has 0 atom stereocenters. The number of nitrogens with zero attached hydrogens (tertiary/aromatic N) is 3. The van der Waals surface area contributed by atoms with Crippen LogP contribution in [0.2, 0.25) is 0 Å². The number of rotatable bonds is 4.